The van der Waals surface area contributed by atoms with E-state index in [0.29, 0.717) is 6.61 Å². The molecule has 0 saturated carbocycles. The minimum atomic E-state index is -0.349. The van der Waals surface area contributed by atoms with Crippen LogP contribution in [0.3, 0.4) is 0 Å². The van der Waals surface area contributed by atoms with Gasteiger partial charge >= 0.3 is 0 Å². The molecule has 0 radical (unpaired) electrons. The van der Waals surface area contributed by atoms with Crippen molar-refractivity contribution in [2.75, 3.05) is 13.2 Å². The maximum absolute atomic E-state index is 10.2. The Balaban J connectivity index is 1.67. The molecule has 0 bridgehead atoms. The summed E-state index contributed by atoms with van der Waals surface area (Å²) in [6, 6.07) is 6.26. The van der Waals surface area contributed by atoms with Crippen LogP contribution in [0.2, 0.25) is 0 Å². The van der Waals surface area contributed by atoms with E-state index in [-0.39, 0.29) is 12.1 Å². The van der Waals surface area contributed by atoms with Crippen molar-refractivity contribution in [2.24, 2.45) is 5.16 Å². The van der Waals surface area contributed by atoms with Gasteiger partial charge in [-0.25, -0.2) is 4.98 Å². The van der Waals surface area contributed by atoms with Gasteiger partial charge in [-0.3, -0.25) is 0 Å². The Morgan fingerprint density at radius 1 is 1.29 bits per heavy atom. The van der Waals surface area contributed by atoms with Crippen LogP contribution >= 0.6 is 0 Å². The van der Waals surface area contributed by atoms with E-state index in [2.05, 4.69) is 40.2 Å². The van der Waals surface area contributed by atoms with Crippen LogP contribution in [0.25, 0.3) is 5.69 Å². The monoisotopic (exact) mass is 326 g/mol. The fourth-order valence-corrected chi connectivity index (χ4v) is 3.58. The number of rotatable bonds is 2. The fraction of sp³-hybridized carbons (Fsp3) is 0.444. The number of aromatic nitrogens is 2. The van der Waals surface area contributed by atoms with Crippen molar-refractivity contribution in [1.82, 2.24) is 14.5 Å². The lowest BCUT2D eigenvalue weighted by molar-refractivity contribution is -0.0263. The van der Waals surface area contributed by atoms with Crippen LogP contribution in [0.5, 0.6) is 0 Å². The lowest BCUT2D eigenvalue weighted by Crippen LogP contribution is -2.55. The average molecular weight is 326 g/mol. The van der Waals surface area contributed by atoms with Crippen molar-refractivity contribution >= 4 is 5.84 Å². The number of nitrogens with zero attached hydrogens (tertiary/aromatic N) is 4. The zero-order valence-electron chi connectivity index (χ0n) is 14.0. The molecular formula is C18H22N4O2. The number of aliphatic hydroxyl groups excluding tert-OH is 1. The highest BCUT2D eigenvalue weighted by atomic mass is 16.6. The molecule has 1 aromatic heterocycles. The molecule has 1 saturated heterocycles. The molecule has 24 heavy (non-hydrogen) atoms. The van der Waals surface area contributed by atoms with Gasteiger partial charge in [0.25, 0.3) is 0 Å². The van der Waals surface area contributed by atoms with Crippen LogP contribution in [0.1, 0.15) is 29.7 Å². The van der Waals surface area contributed by atoms with Gasteiger partial charge in [-0.2, -0.15) is 0 Å². The number of fused-ring (bicyclic) bond motifs is 1. The molecule has 2 aliphatic heterocycles. The molecule has 2 aromatic rings. The first kappa shape index (κ1) is 15.2. The number of hydrogen-bond donors (Lipinski definition) is 1. The molecule has 0 aliphatic carbocycles. The summed E-state index contributed by atoms with van der Waals surface area (Å²) in [5.74, 6) is 0.821. The standard InChI is InChI=1S/C18H22N4O2/c1-12-8-14(5-6-15(12)21-9-13(2)19-11-21)18-20-24-10-16-17(23)4-3-7-22(16)18/h5-6,8-9,11,16-17,23H,3-4,7,10H2,1-2H3. The van der Waals surface area contributed by atoms with E-state index >= 15 is 0 Å². The third kappa shape index (κ3) is 2.57. The summed E-state index contributed by atoms with van der Waals surface area (Å²) in [4.78, 5) is 11.9. The first-order valence-corrected chi connectivity index (χ1v) is 8.40. The van der Waals surface area contributed by atoms with Crippen molar-refractivity contribution < 1.29 is 9.94 Å². The highest BCUT2D eigenvalue weighted by Gasteiger charge is 2.36. The number of amidine groups is 1. The van der Waals surface area contributed by atoms with Crippen LogP contribution in [0.15, 0.2) is 35.9 Å². The van der Waals surface area contributed by atoms with Gasteiger partial charge < -0.3 is 19.4 Å². The molecule has 6 heteroatoms. The number of hydrogen-bond acceptors (Lipinski definition) is 5. The third-order valence-corrected chi connectivity index (χ3v) is 4.86. The van der Waals surface area contributed by atoms with E-state index in [0.717, 1.165) is 47.7 Å². The number of aliphatic hydroxyl groups is 1. The zero-order chi connectivity index (χ0) is 16.7. The van der Waals surface area contributed by atoms with Crippen LogP contribution in [-0.4, -0.2) is 50.7 Å². The largest absolute Gasteiger partial charge is 0.392 e. The van der Waals surface area contributed by atoms with E-state index in [1.54, 1.807) is 0 Å². The van der Waals surface area contributed by atoms with E-state index in [9.17, 15) is 5.11 Å². The summed E-state index contributed by atoms with van der Waals surface area (Å²) < 4.78 is 2.03. The van der Waals surface area contributed by atoms with E-state index < -0.39 is 0 Å². The Morgan fingerprint density at radius 3 is 2.92 bits per heavy atom. The molecule has 4 rings (SSSR count). The molecule has 126 valence electrons. The Bertz CT molecular complexity index is 783. The average Bonchev–Trinajstić information content (AvgIpc) is 3.01. The lowest BCUT2D eigenvalue weighted by Gasteiger charge is -2.42. The highest BCUT2D eigenvalue weighted by molar-refractivity contribution is 5.99. The SMILES string of the molecule is Cc1cn(-c2ccc(C3=NOCC4C(O)CCCN34)cc2C)cn1. The number of aryl methyl sites for hydroxylation is 2. The van der Waals surface area contributed by atoms with Gasteiger partial charge in [0.15, 0.2) is 5.84 Å². The van der Waals surface area contributed by atoms with E-state index in [1.165, 1.54) is 0 Å². The molecule has 1 fully saturated rings. The molecule has 0 amide bonds. The summed E-state index contributed by atoms with van der Waals surface area (Å²) >= 11 is 0. The topological polar surface area (TPSA) is 62.9 Å². The van der Waals surface area contributed by atoms with Crippen LogP contribution in [-0.2, 0) is 4.84 Å². The summed E-state index contributed by atoms with van der Waals surface area (Å²) in [6.07, 6.45) is 5.30. The van der Waals surface area contributed by atoms with Gasteiger partial charge in [0, 0.05) is 24.0 Å². The number of imidazole rings is 1. The van der Waals surface area contributed by atoms with Gasteiger partial charge in [0.05, 0.1) is 24.2 Å². The van der Waals surface area contributed by atoms with Gasteiger partial charge in [0.1, 0.15) is 6.61 Å². The molecule has 2 unspecified atom stereocenters. The maximum atomic E-state index is 10.2. The quantitative estimate of drug-likeness (QED) is 0.917. The second-order valence-corrected chi connectivity index (χ2v) is 6.60. The Hall–Kier alpha value is -2.34. The van der Waals surface area contributed by atoms with Crippen LogP contribution in [0.4, 0.5) is 0 Å². The smallest absolute Gasteiger partial charge is 0.175 e. The molecule has 3 heterocycles. The predicted octanol–water partition coefficient (Wildman–Crippen LogP) is 2.01. The maximum Gasteiger partial charge on any atom is 0.175 e. The minimum absolute atomic E-state index is 0.00234. The van der Waals surface area contributed by atoms with Crippen molar-refractivity contribution in [1.29, 1.82) is 0 Å². The Labute approximate surface area is 141 Å². The Kier molecular flexibility index (Phi) is 3.76. The molecule has 2 atom stereocenters. The first-order chi connectivity index (χ1) is 11.6. The molecule has 6 nitrogen and oxygen atoms in total. The van der Waals surface area contributed by atoms with Crippen LogP contribution < -0.4 is 0 Å². The first-order valence-electron chi connectivity index (χ1n) is 8.40. The summed E-state index contributed by atoms with van der Waals surface area (Å²) in [7, 11) is 0. The van der Waals surface area contributed by atoms with Crippen molar-refractivity contribution in [3.63, 3.8) is 0 Å². The summed E-state index contributed by atoms with van der Waals surface area (Å²) in [5, 5.41) is 14.5. The van der Waals surface area contributed by atoms with Gasteiger partial charge in [-0.15, -0.1) is 0 Å². The normalized spacial score (nSPS) is 23.5. The second-order valence-electron chi connectivity index (χ2n) is 6.60. The van der Waals surface area contributed by atoms with Gasteiger partial charge in [-0.05, 0) is 50.5 Å². The molecule has 1 aromatic carbocycles. The van der Waals surface area contributed by atoms with Crippen LogP contribution in [0, 0.1) is 13.8 Å². The summed E-state index contributed by atoms with van der Waals surface area (Å²) in [5.41, 5.74) is 4.26. The summed E-state index contributed by atoms with van der Waals surface area (Å²) in [6.45, 7) is 5.43. The second kappa shape index (κ2) is 5.94. The van der Waals surface area contributed by atoms with E-state index in [1.807, 2.05) is 24.0 Å². The minimum Gasteiger partial charge on any atom is -0.392 e. The van der Waals surface area contributed by atoms with E-state index in [4.69, 9.17) is 4.84 Å². The van der Waals surface area contributed by atoms with Gasteiger partial charge in [0.2, 0.25) is 0 Å². The highest BCUT2D eigenvalue weighted by Crippen LogP contribution is 2.26. The predicted molar refractivity (Wildman–Crippen MR) is 91.3 cm³/mol. The molecule has 0 spiro atoms. The third-order valence-electron chi connectivity index (χ3n) is 4.86. The Morgan fingerprint density at radius 2 is 2.17 bits per heavy atom. The van der Waals surface area contributed by atoms with Gasteiger partial charge in [-0.1, -0.05) is 5.16 Å². The lowest BCUT2D eigenvalue weighted by atomic mass is 9.97. The zero-order valence-corrected chi connectivity index (χ0v) is 14.0. The van der Waals surface area contributed by atoms with Crippen molar-refractivity contribution in [3.05, 3.63) is 47.5 Å². The molecule has 1 N–H and O–H groups in total. The fourth-order valence-electron chi connectivity index (χ4n) is 3.58. The van der Waals surface area contributed by atoms with Crippen molar-refractivity contribution in [3.8, 4) is 5.69 Å². The van der Waals surface area contributed by atoms with Crippen molar-refractivity contribution in [2.45, 2.75) is 38.8 Å². The number of piperidine rings is 1. The number of oxime groups is 1. The number of benzene rings is 1. The molecular weight excluding hydrogens is 304 g/mol. The molecule has 2 aliphatic rings.